The zero-order valence-corrected chi connectivity index (χ0v) is 19.9. The predicted octanol–water partition coefficient (Wildman–Crippen LogP) is 4.57. The van der Waals surface area contributed by atoms with Crippen LogP contribution in [0.1, 0.15) is 43.1 Å². The van der Waals surface area contributed by atoms with Crippen molar-refractivity contribution in [3.63, 3.8) is 0 Å². The SMILES string of the molecule is CC(C)n1ncc2c(C(=O)N3CCC(C(=O)Nc4ccccn4)CC3)cc(-c3ccccc3)nc21. The lowest BCUT2D eigenvalue weighted by molar-refractivity contribution is -0.121. The van der Waals surface area contributed by atoms with E-state index in [4.69, 9.17) is 4.98 Å². The molecule has 1 fully saturated rings. The summed E-state index contributed by atoms with van der Waals surface area (Å²) in [5.74, 6) is 0.293. The van der Waals surface area contributed by atoms with E-state index in [2.05, 4.69) is 15.4 Å². The molecule has 2 amide bonds. The number of anilines is 1. The number of pyridine rings is 2. The summed E-state index contributed by atoms with van der Waals surface area (Å²) in [7, 11) is 0. The van der Waals surface area contributed by atoms with Crippen LogP contribution in [0.5, 0.6) is 0 Å². The Bertz CT molecular complexity index is 1340. The first kappa shape index (κ1) is 22.7. The Morgan fingerprint density at radius 1 is 1.03 bits per heavy atom. The molecule has 0 unspecified atom stereocenters. The summed E-state index contributed by atoms with van der Waals surface area (Å²) in [5, 5.41) is 8.14. The minimum Gasteiger partial charge on any atom is -0.339 e. The summed E-state index contributed by atoms with van der Waals surface area (Å²) in [6.07, 6.45) is 4.60. The first-order chi connectivity index (χ1) is 17.0. The molecule has 178 valence electrons. The molecule has 5 rings (SSSR count). The van der Waals surface area contributed by atoms with Gasteiger partial charge in [0.15, 0.2) is 5.65 Å². The average Bonchev–Trinajstić information content (AvgIpc) is 3.33. The second-order valence-electron chi connectivity index (χ2n) is 9.11. The van der Waals surface area contributed by atoms with Crippen LogP contribution in [0.4, 0.5) is 5.82 Å². The van der Waals surface area contributed by atoms with Gasteiger partial charge in [0, 0.05) is 36.8 Å². The van der Waals surface area contributed by atoms with Crippen molar-refractivity contribution in [1.82, 2.24) is 24.6 Å². The fraction of sp³-hybridized carbons (Fsp3) is 0.296. The molecule has 4 heterocycles. The number of carbonyl (C=O) groups excluding carboxylic acids is 2. The summed E-state index contributed by atoms with van der Waals surface area (Å²) >= 11 is 0. The molecule has 1 saturated heterocycles. The van der Waals surface area contributed by atoms with E-state index in [1.54, 1.807) is 18.5 Å². The van der Waals surface area contributed by atoms with Crippen LogP contribution in [0.3, 0.4) is 0 Å². The van der Waals surface area contributed by atoms with Crippen LogP contribution in [-0.4, -0.2) is 49.6 Å². The standard InChI is InChI=1S/C27H28N6O2/c1-18(2)33-25-22(17-29-33)21(16-23(30-25)19-8-4-3-5-9-19)27(35)32-14-11-20(12-15-32)26(34)31-24-10-6-7-13-28-24/h3-10,13,16-18,20H,11-12,14-15H2,1-2H3,(H,28,31,34). The third-order valence-corrected chi connectivity index (χ3v) is 6.42. The molecule has 4 aromatic rings. The van der Waals surface area contributed by atoms with Crippen LogP contribution in [-0.2, 0) is 4.79 Å². The first-order valence-corrected chi connectivity index (χ1v) is 12.0. The highest BCUT2D eigenvalue weighted by molar-refractivity contribution is 6.06. The van der Waals surface area contributed by atoms with Crippen molar-refractivity contribution in [2.24, 2.45) is 5.92 Å². The van der Waals surface area contributed by atoms with Crippen molar-refractivity contribution in [2.75, 3.05) is 18.4 Å². The molecule has 0 spiro atoms. The molecule has 1 N–H and O–H groups in total. The highest BCUT2D eigenvalue weighted by Gasteiger charge is 2.29. The van der Waals surface area contributed by atoms with Crippen LogP contribution < -0.4 is 5.32 Å². The predicted molar refractivity (Wildman–Crippen MR) is 135 cm³/mol. The van der Waals surface area contributed by atoms with Crippen molar-refractivity contribution >= 4 is 28.7 Å². The molecule has 8 heteroatoms. The normalized spacial score (nSPS) is 14.4. The number of aromatic nitrogens is 4. The van der Waals surface area contributed by atoms with Gasteiger partial charge in [-0.2, -0.15) is 5.10 Å². The fourth-order valence-electron chi connectivity index (χ4n) is 4.51. The van der Waals surface area contributed by atoms with Crippen LogP contribution in [0.15, 0.2) is 67.0 Å². The van der Waals surface area contributed by atoms with Crippen molar-refractivity contribution in [3.05, 3.63) is 72.6 Å². The maximum atomic E-state index is 13.7. The van der Waals surface area contributed by atoms with E-state index in [1.165, 1.54) is 0 Å². The Kier molecular flexibility index (Phi) is 6.27. The Labute approximate surface area is 204 Å². The van der Waals surface area contributed by atoms with E-state index in [1.807, 2.05) is 72.0 Å². The number of rotatable bonds is 5. The van der Waals surface area contributed by atoms with Gasteiger partial charge < -0.3 is 10.2 Å². The minimum absolute atomic E-state index is 0.0494. The smallest absolute Gasteiger partial charge is 0.254 e. The number of benzene rings is 1. The van der Waals surface area contributed by atoms with E-state index >= 15 is 0 Å². The number of nitrogens with zero attached hydrogens (tertiary/aromatic N) is 5. The topological polar surface area (TPSA) is 93.0 Å². The van der Waals surface area contributed by atoms with Gasteiger partial charge >= 0.3 is 0 Å². The van der Waals surface area contributed by atoms with Gasteiger partial charge in [0.1, 0.15) is 5.82 Å². The first-order valence-electron chi connectivity index (χ1n) is 12.0. The zero-order valence-electron chi connectivity index (χ0n) is 19.9. The molecule has 1 aliphatic rings. The Balaban J connectivity index is 1.38. The Morgan fingerprint density at radius 2 is 1.77 bits per heavy atom. The summed E-state index contributed by atoms with van der Waals surface area (Å²) in [6, 6.07) is 17.3. The molecule has 0 saturated carbocycles. The maximum Gasteiger partial charge on any atom is 0.254 e. The lowest BCUT2D eigenvalue weighted by atomic mass is 9.95. The van der Waals surface area contributed by atoms with Gasteiger partial charge in [-0.3, -0.25) is 9.59 Å². The molecule has 1 aromatic carbocycles. The van der Waals surface area contributed by atoms with Crippen LogP contribution >= 0.6 is 0 Å². The molecular weight excluding hydrogens is 440 g/mol. The summed E-state index contributed by atoms with van der Waals surface area (Å²) in [5.41, 5.74) is 2.99. The largest absolute Gasteiger partial charge is 0.339 e. The second kappa shape index (κ2) is 9.66. The molecule has 0 aliphatic carbocycles. The van der Waals surface area contributed by atoms with Gasteiger partial charge in [-0.1, -0.05) is 36.4 Å². The van der Waals surface area contributed by atoms with Crippen molar-refractivity contribution in [1.29, 1.82) is 0 Å². The molecule has 0 bridgehead atoms. The molecule has 0 atom stereocenters. The number of piperidine rings is 1. The van der Waals surface area contributed by atoms with E-state index < -0.39 is 0 Å². The van der Waals surface area contributed by atoms with Crippen molar-refractivity contribution < 1.29 is 9.59 Å². The Morgan fingerprint density at radius 3 is 2.46 bits per heavy atom. The number of nitrogens with one attached hydrogen (secondary N) is 1. The van der Waals surface area contributed by atoms with Crippen LogP contribution in [0.2, 0.25) is 0 Å². The highest BCUT2D eigenvalue weighted by Crippen LogP contribution is 2.28. The summed E-state index contributed by atoms with van der Waals surface area (Å²) in [4.78, 5) is 37.2. The lowest BCUT2D eigenvalue weighted by Gasteiger charge is -2.31. The minimum atomic E-state index is -0.151. The number of carbonyl (C=O) groups is 2. The van der Waals surface area contributed by atoms with Gasteiger partial charge in [-0.05, 0) is 44.9 Å². The molecule has 0 radical (unpaired) electrons. The van der Waals surface area contributed by atoms with Gasteiger partial charge in [-0.25, -0.2) is 14.6 Å². The molecule has 35 heavy (non-hydrogen) atoms. The van der Waals surface area contributed by atoms with Gasteiger partial charge in [-0.15, -0.1) is 0 Å². The summed E-state index contributed by atoms with van der Waals surface area (Å²) < 4.78 is 1.85. The van der Waals surface area contributed by atoms with E-state index in [0.29, 0.717) is 43.0 Å². The third kappa shape index (κ3) is 4.64. The van der Waals surface area contributed by atoms with Crippen molar-refractivity contribution in [3.8, 4) is 11.3 Å². The van der Waals surface area contributed by atoms with Crippen LogP contribution in [0, 0.1) is 5.92 Å². The number of hydrogen-bond acceptors (Lipinski definition) is 5. The van der Waals surface area contributed by atoms with E-state index in [0.717, 1.165) is 16.6 Å². The monoisotopic (exact) mass is 468 g/mol. The number of hydrogen-bond donors (Lipinski definition) is 1. The molecule has 8 nitrogen and oxygen atoms in total. The van der Waals surface area contributed by atoms with Gasteiger partial charge in [0.25, 0.3) is 5.91 Å². The van der Waals surface area contributed by atoms with Gasteiger partial charge in [0.2, 0.25) is 5.91 Å². The lowest BCUT2D eigenvalue weighted by Crippen LogP contribution is -2.41. The van der Waals surface area contributed by atoms with Gasteiger partial charge in [0.05, 0.1) is 22.8 Å². The van der Waals surface area contributed by atoms with Crippen LogP contribution in [0.25, 0.3) is 22.3 Å². The van der Waals surface area contributed by atoms with Crippen molar-refractivity contribution in [2.45, 2.75) is 32.7 Å². The maximum absolute atomic E-state index is 13.7. The molecule has 1 aliphatic heterocycles. The van der Waals surface area contributed by atoms with E-state index in [9.17, 15) is 9.59 Å². The number of fused-ring (bicyclic) bond motifs is 1. The number of amides is 2. The van der Waals surface area contributed by atoms with E-state index in [-0.39, 0.29) is 23.8 Å². The fourth-order valence-corrected chi connectivity index (χ4v) is 4.51. The third-order valence-electron chi connectivity index (χ3n) is 6.42. The second-order valence-corrected chi connectivity index (χ2v) is 9.11. The molecule has 3 aromatic heterocycles. The molecular formula is C27H28N6O2. The quantitative estimate of drug-likeness (QED) is 0.463. The average molecular weight is 469 g/mol. The highest BCUT2D eigenvalue weighted by atomic mass is 16.2. The zero-order chi connectivity index (χ0) is 24.4. The summed E-state index contributed by atoms with van der Waals surface area (Å²) in [6.45, 7) is 5.13. The number of likely N-dealkylation sites (tertiary alicyclic amines) is 1. The Hall–Kier alpha value is -4.07.